The second kappa shape index (κ2) is 7.19. The van der Waals surface area contributed by atoms with Crippen molar-refractivity contribution < 1.29 is 4.39 Å². The first kappa shape index (κ1) is 15.5. The molecule has 0 spiro atoms. The summed E-state index contributed by atoms with van der Waals surface area (Å²) in [6, 6.07) is 7.80. The number of hydrogen-bond donors (Lipinski definition) is 1. The van der Waals surface area contributed by atoms with Crippen LogP contribution in [0.4, 0.5) is 4.39 Å². The van der Waals surface area contributed by atoms with Gasteiger partial charge in [0.1, 0.15) is 5.82 Å². The number of rotatable bonds is 5. The minimum atomic E-state index is -0.101. The predicted molar refractivity (Wildman–Crippen MR) is 82.3 cm³/mol. The molecule has 1 aliphatic rings. The van der Waals surface area contributed by atoms with Gasteiger partial charge in [-0.3, -0.25) is 4.90 Å². The molecule has 20 heavy (non-hydrogen) atoms. The van der Waals surface area contributed by atoms with Crippen LogP contribution in [-0.2, 0) is 0 Å². The van der Waals surface area contributed by atoms with Crippen LogP contribution in [-0.4, -0.2) is 30.6 Å². The SMILES string of the molecule is CCNC(CN1CCCC(C)C1C)c1ccccc1F. The van der Waals surface area contributed by atoms with E-state index in [0.717, 1.165) is 31.1 Å². The van der Waals surface area contributed by atoms with E-state index in [1.54, 1.807) is 12.1 Å². The van der Waals surface area contributed by atoms with E-state index >= 15 is 0 Å². The first-order chi connectivity index (χ1) is 9.63. The highest BCUT2D eigenvalue weighted by Crippen LogP contribution is 2.26. The molecule has 3 atom stereocenters. The molecule has 3 unspecified atom stereocenters. The van der Waals surface area contributed by atoms with Crippen molar-refractivity contribution in [2.75, 3.05) is 19.6 Å². The Kier molecular flexibility index (Phi) is 5.55. The summed E-state index contributed by atoms with van der Waals surface area (Å²) in [6.45, 7) is 9.57. The molecular weight excluding hydrogens is 251 g/mol. The fraction of sp³-hybridized carbons (Fsp3) is 0.647. The van der Waals surface area contributed by atoms with Gasteiger partial charge in [-0.05, 0) is 44.8 Å². The molecule has 1 saturated heterocycles. The first-order valence-corrected chi connectivity index (χ1v) is 7.85. The number of halogens is 1. The summed E-state index contributed by atoms with van der Waals surface area (Å²) < 4.78 is 14.0. The van der Waals surface area contributed by atoms with Gasteiger partial charge in [0.2, 0.25) is 0 Å². The van der Waals surface area contributed by atoms with Crippen molar-refractivity contribution in [1.29, 1.82) is 0 Å². The standard InChI is InChI=1S/C17H27FN2/c1-4-19-17(15-9-5-6-10-16(15)18)12-20-11-7-8-13(2)14(20)3/h5-6,9-10,13-14,17,19H,4,7-8,11-12H2,1-3H3. The molecule has 1 aromatic carbocycles. The van der Waals surface area contributed by atoms with Crippen molar-refractivity contribution in [2.24, 2.45) is 5.92 Å². The lowest BCUT2D eigenvalue weighted by Gasteiger charge is -2.40. The Morgan fingerprint density at radius 2 is 2.10 bits per heavy atom. The van der Waals surface area contributed by atoms with Crippen LogP contribution in [0.5, 0.6) is 0 Å². The van der Waals surface area contributed by atoms with Gasteiger partial charge in [-0.1, -0.05) is 32.0 Å². The molecule has 1 aromatic rings. The second-order valence-electron chi connectivity index (χ2n) is 5.99. The number of hydrogen-bond acceptors (Lipinski definition) is 2. The van der Waals surface area contributed by atoms with Gasteiger partial charge in [-0.15, -0.1) is 0 Å². The molecule has 0 aliphatic carbocycles. The maximum atomic E-state index is 14.0. The highest BCUT2D eigenvalue weighted by atomic mass is 19.1. The van der Waals surface area contributed by atoms with Crippen molar-refractivity contribution in [1.82, 2.24) is 10.2 Å². The Hall–Kier alpha value is -0.930. The zero-order valence-electron chi connectivity index (χ0n) is 12.9. The van der Waals surface area contributed by atoms with Crippen LogP contribution < -0.4 is 5.32 Å². The summed E-state index contributed by atoms with van der Waals surface area (Å²) in [5.41, 5.74) is 0.791. The number of likely N-dealkylation sites (tertiary alicyclic amines) is 1. The lowest BCUT2D eigenvalue weighted by atomic mass is 9.91. The molecule has 0 aromatic heterocycles. The Morgan fingerprint density at radius 3 is 2.80 bits per heavy atom. The van der Waals surface area contributed by atoms with E-state index in [2.05, 4.69) is 31.0 Å². The van der Waals surface area contributed by atoms with E-state index in [4.69, 9.17) is 0 Å². The third kappa shape index (κ3) is 3.58. The van der Waals surface area contributed by atoms with Crippen molar-refractivity contribution >= 4 is 0 Å². The van der Waals surface area contributed by atoms with Crippen LogP contribution in [0.1, 0.15) is 45.2 Å². The van der Waals surface area contributed by atoms with Crippen LogP contribution in [0.15, 0.2) is 24.3 Å². The Morgan fingerprint density at radius 1 is 1.35 bits per heavy atom. The average molecular weight is 278 g/mol. The quantitative estimate of drug-likeness (QED) is 0.885. The van der Waals surface area contributed by atoms with E-state index in [0.29, 0.717) is 6.04 Å². The second-order valence-corrected chi connectivity index (χ2v) is 5.99. The van der Waals surface area contributed by atoms with Crippen LogP contribution in [0, 0.1) is 11.7 Å². The summed E-state index contributed by atoms with van der Waals surface area (Å²) in [5, 5.41) is 3.44. The van der Waals surface area contributed by atoms with Crippen molar-refractivity contribution in [3.05, 3.63) is 35.6 Å². The number of nitrogens with one attached hydrogen (secondary N) is 1. The van der Waals surface area contributed by atoms with Crippen molar-refractivity contribution in [3.8, 4) is 0 Å². The van der Waals surface area contributed by atoms with Gasteiger partial charge in [0.15, 0.2) is 0 Å². The minimum Gasteiger partial charge on any atom is -0.309 e. The molecule has 0 bridgehead atoms. The van der Waals surface area contributed by atoms with Crippen LogP contribution >= 0.6 is 0 Å². The molecule has 3 heteroatoms. The minimum absolute atomic E-state index is 0.0777. The summed E-state index contributed by atoms with van der Waals surface area (Å²) in [7, 11) is 0. The molecule has 2 nitrogen and oxygen atoms in total. The predicted octanol–water partition coefficient (Wildman–Crippen LogP) is 3.60. The van der Waals surface area contributed by atoms with E-state index in [1.165, 1.54) is 12.8 Å². The van der Waals surface area contributed by atoms with Crippen molar-refractivity contribution in [2.45, 2.75) is 45.7 Å². The normalized spacial score (nSPS) is 25.6. The summed E-state index contributed by atoms with van der Waals surface area (Å²) in [5.74, 6) is 0.628. The summed E-state index contributed by atoms with van der Waals surface area (Å²) in [4.78, 5) is 2.51. The Balaban J connectivity index is 2.11. The fourth-order valence-electron chi connectivity index (χ4n) is 3.19. The summed E-state index contributed by atoms with van der Waals surface area (Å²) in [6.07, 6.45) is 2.56. The van der Waals surface area contributed by atoms with Gasteiger partial charge in [0.25, 0.3) is 0 Å². The average Bonchev–Trinajstić information content (AvgIpc) is 2.44. The molecule has 0 amide bonds. The van der Waals surface area contributed by atoms with Gasteiger partial charge in [-0.2, -0.15) is 0 Å². The first-order valence-electron chi connectivity index (χ1n) is 7.85. The van der Waals surface area contributed by atoms with Crippen LogP contribution in [0.2, 0.25) is 0 Å². The highest BCUT2D eigenvalue weighted by molar-refractivity contribution is 5.21. The van der Waals surface area contributed by atoms with Gasteiger partial charge in [-0.25, -0.2) is 4.39 Å². The molecular formula is C17H27FN2. The van der Waals surface area contributed by atoms with Gasteiger partial charge in [0.05, 0.1) is 0 Å². The van der Waals surface area contributed by atoms with Gasteiger partial charge >= 0.3 is 0 Å². The molecule has 2 rings (SSSR count). The zero-order valence-corrected chi connectivity index (χ0v) is 12.9. The highest BCUT2D eigenvalue weighted by Gasteiger charge is 2.27. The van der Waals surface area contributed by atoms with Crippen LogP contribution in [0.25, 0.3) is 0 Å². The molecule has 1 heterocycles. The van der Waals surface area contributed by atoms with Gasteiger partial charge in [0, 0.05) is 24.2 Å². The smallest absolute Gasteiger partial charge is 0.128 e. The Labute approximate surface area is 122 Å². The lowest BCUT2D eigenvalue weighted by molar-refractivity contribution is 0.101. The summed E-state index contributed by atoms with van der Waals surface area (Å²) >= 11 is 0. The largest absolute Gasteiger partial charge is 0.309 e. The number of benzene rings is 1. The number of piperidine rings is 1. The molecule has 1 N–H and O–H groups in total. The molecule has 0 saturated carbocycles. The molecule has 1 fully saturated rings. The third-order valence-corrected chi connectivity index (χ3v) is 4.65. The topological polar surface area (TPSA) is 15.3 Å². The van der Waals surface area contributed by atoms with E-state index in [9.17, 15) is 4.39 Å². The van der Waals surface area contributed by atoms with Crippen LogP contribution in [0.3, 0.4) is 0 Å². The van der Waals surface area contributed by atoms with E-state index in [-0.39, 0.29) is 11.9 Å². The van der Waals surface area contributed by atoms with Gasteiger partial charge < -0.3 is 5.32 Å². The monoisotopic (exact) mass is 278 g/mol. The maximum absolute atomic E-state index is 14.0. The maximum Gasteiger partial charge on any atom is 0.128 e. The molecule has 112 valence electrons. The third-order valence-electron chi connectivity index (χ3n) is 4.65. The number of nitrogens with zero attached hydrogens (tertiary/aromatic N) is 1. The van der Waals surface area contributed by atoms with E-state index in [1.807, 2.05) is 12.1 Å². The zero-order chi connectivity index (χ0) is 14.5. The molecule has 1 aliphatic heterocycles. The fourth-order valence-corrected chi connectivity index (χ4v) is 3.19. The number of likely N-dealkylation sites (N-methyl/N-ethyl adjacent to an activating group) is 1. The Bertz CT molecular complexity index is 421. The van der Waals surface area contributed by atoms with E-state index < -0.39 is 0 Å². The molecule has 0 radical (unpaired) electrons. The lowest BCUT2D eigenvalue weighted by Crippen LogP contribution is -2.46. The van der Waals surface area contributed by atoms with Crippen molar-refractivity contribution in [3.63, 3.8) is 0 Å².